The number of hydrogen-bond acceptors (Lipinski definition) is 2. The summed E-state index contributed by atoms with van der Waals surface area (Å²) in [6.45, 7) is 2.33. The third-order valence-electron chi connectivity index (χ3n) is 6.44. The molecule has 0 amide bonds. The van der Waals surface area contributed by atoms with E-state index in [9.17, 15) is 0 Å². The zero-order valence-corrected chi connectivity index (χ0v) is 25.7. The van der Waals surface area contributed by atoms with Gasteiger partial charge in [0.25, 0.3) is 0 Å². The molecule has 1 heterocycles. The summed E-state index contributed by atoms with van der Waals surface area (Å²) >= 11 is 25.1. The zero-order chi connectivity index (χ0) is 27.2. The summed E-state index contributed by atoms with van der Waals surface area (Å²) in [5.41, 5.74) is 1.71. The van der Waals surface area contributed by atoms with Crippen LogP contribution in [0.3, 0.4) is 0 Å². The minimum atomic E-state index is -0.321. The molecule has 5 nitrogen and oxygen atoms in total. The Kier molecular flexibility index (Phi) is 12.6. The number of halogens is 5. The average Bonchev–Trinajstić information content (AvgIpc) is 3.37. The summed E-state index contributed by atoms with van der Waals surface area (Å²) in [6.07, 6.45) is 6.69. The second-order valence-corrected chi connectivity index (χ2v) is 10.9. The van der Waals surface area contributed by atoms with Crippen LogP contribution in [0.15, 0.2) is 97.6 Å². The molecule has 1 atom stereocenters. The highest BCUT2D eigenvalue weighted by Gasteiger charge is 2.20. The maximum absolute atomic E-state index is 6.56. The van der Waals surface area contributed by atoms with Gasteiger partial charge in [0.1, 0.15) is 30.8 Å². The molecule has 10 heteroatoms. The van der Waals surface area contributed by atoms with E-state index < -0.39 is 0 Å². The first-order chi connectivity index (χ1) is 18.9. The molecule has 4 aromatic carbocycles. The lowest BCUT2D eigenvalue weighted by Crippen LogP contribution is -3.00. The third-order valence-corrected chi connectivity index (χ3v) is 7.59. The van der Waals surface area contributed by atoms with Crippen LogP contribution in [0.5, 0.6) is 5.75 Å². The fourth-order valence-corrected chi connectivity index (χ4v) is 5.39. The highest BCUT2D eigenvalue weighted by molar-refractivity contribution is 6.35. The topological polar surface area (TPSA) is 58.8 Å². The summed E-state index contributed by atoms with van der Waals surface area (Å²) < 4.78 is 16.6. The van der Waals surface area contributed by atoms with Gasteiger partial charge in [-0.25, -0.2) is 9.13 Å². The lowest BCUT2D eigenvalue weighted by Gasteiger charge is -2.19. The lowest BCUT2D eigenvalue weighted by atomic mass is 10.1. The van der Waals surface area contributed by atoms with Crippen LogP contribution in [0, 0.1) is 0 Å². The van der Waals surface area contributed by atoms with Crippen LogP contribution < -0.4 is 21.7 Å². The monoisotopic (exact) mass is 652 g/mol. The number of fused-ring (bicyclic) bond motifs is 1. The first-order valence-electron chi connectivity index (χ1n) is 12.6. The van der Waals surface area contributed by atoms with Gasteiger partial charge in [0.05, 0.1) is 19.8 Å². The normalized spacial score (nSPS) is 11.5. The van der Waals surface area contributed by atoms with Crippen molar-refractivity contribution >= 4 is 57.2 Å². The van der Waals surface area contributed by atoms with E-state index in [0.717, 1.165) is 29.8 Å². The van der Waals surface area contributed by atoms with Gasteiger partial charge in [-0.15, -0.1) is 0 Å². The third kappa shape index (κ3) is 9.00. The van der Waals surface area contributed by atoms with Crippen molar-refractivity contribution in [3.05, 3.63) is 129 Å². The molecular formula is C31H29Cl5N2O3. The Hall–Kier alpha value is -2.48. The van der Waals surface area contributed by atoms with E-state index in [2.05, 4.69) is 39.7 Å². The van der Waals surface area contributed by atoms with Gasteiger partial charge in [0.2, 0.25) is 6.33 Å². The first kappa shape index (κ1) is 33.0. The number of rotatable bonds is 11. The quantitative estimate of drug-likeness (QED) is 0.146. The Morgan fingerprint density at radius 1 is 0.805 bits per heavy atom. The highest BCUT2D eigenvalue weighted by atomic mass is 35.5. The smallest absolute Gasteiger partial charge is 0.243 e. The Morgan fingerprint density at radius 2 is 1.54 bits per heavy atom. The molecular weight excluding hydrogens is 626 g/mol. The van der Waals surface area contributed by atoms with Crippen LogP contribution in [0.1, 0.15) is 23.7 Å². The predicted molar refractivity (Wildman–Crippen MR) is 163 cm³/mol. The van der Waals surface area contributed by atoms with Crippen LogP contribution in [-0.4, -0.2) is 16.7 Å². The van der Waals surface area contributed by atoms with Crippen molar-refractivity contribution in [3.8, 4) is 5.75 Å². The average molecular weight is 655 g/mol. The Bertz CT molecular complexity index is 1580. The van der Waals surface area contributed by atoms with E-state index in [0.29, 0.717) is 39.8 Å². The van der Waals surface area contributed by atoms with E-state index in [4.69, 9.17) is 55.9 Å². The van der Waals surface area contributed by atoms with Crippen LogP contribution in [0.4, 0.5) is 0 Å². The molecule has 2 N–H and O–H groups in total. The van der Waals surface area contributed by atoms with Crippen molar-refractivity contribution in [1.82, 2.24) is 4.57 Å². The van der Waals surface area contributed by atoms with Gasteiger partial charge in [-0.3, -0.25) is 0 Å². The Balaban J connectivity index is 0.00000231. The largest absolute Gasteiger partial charge is 1.00 e. The van der Waals surface area contributed by atoms with Gasteiger partial charge in [-0.05, 0) is 52.7 Å². The summed E-state index contributed by atoms with van der Waals surface area (Å²) in [4.78, 5) is 0. The standard InChI is InChI=1S/C31H27Cl4N2O2.ClH.H2O/c32-25-8-6-24(29(34)17-25)20-39-31(28-11-9-26(33)18-30(28)35)19-37-14-13-36(21-37)12-3-15-38-27-10-7-22-4-1-2-5-23(22)16-27;;/h1-2,4-11,13-14,16-18,21,31H,3,12,15,19-20H2;1H;1H2/q+1;;/p-1. The summed E-state index contributed by atoms with van der Waals surface area (Å²) in [5, 5.41) is 4.67. The number of hydrogen-bond donors (Lipinski definition) is 0. The zero-order valence-electron chi connectivity index (χ0n) is 22.0. The van der Waals surface area contributed by atoms with Crippen molar-refractivity contribution in [1.29, 1.82) is 0 Å². The fraction of sp³-hybridized carbons (Fsp3) is 0.194. The van der Waals surface area contributed by atoms with E-state index in [1.165, 1.54) is 10.8 Å². The molecule has 1 aromatic heterocycles. The molecule has 0 radical (unpaired) electrons. The van der Waals surface area contributed by atoms with Crippen molar-refractivity contribution in [2.45, 2.75) is 32.2 Å². The minimum Gasteiger partial charge on any atom is -1.00 e. The number of nitrogens with zero attached hydrogens (tertiary/aromatic N) is 2. The maximum Gasteiger partial charge on any atom is 0.243 e. The molecule has 0 aliphatic carbocycles. The van der Waals surface area contributed by atoms with Crippen molar-refractivity contribution in [3.63, 3.8) is 0 Å². The van der Waals surface area contributed by atoms with Gasteiger partial charge in [0.15, 0.2) is 0 Å². The van der Waals surface area contributed by atoms with E-state index in [-0.39, 0.29) is 24.0 Å². The molecule has 5 rings (SSSR count). The number of benzene rings is 4. The Morgan fingerprint density at radius 3 is 2.29 bits per heavy atom. The lowest BCUT2D eigenvalue weighted by molar-refractivity contribution is -0.704. The number of aryl methyl sites for hydroxylation is 1. The molecule has 0 aliphatic heterocycles. The molecule has 0 fully saturated rings. The molecule has 0 bridgehead atoms. The number of ether oxygens (including phenoxy) is 2. The fourth-order valence-electron chi connectivity index (χ4n) is 4.40. The molecule has 41 heavy (non-hydrogen) atoms. The van der Waals surface area contributed by atoms with Crippen LogP contribution in [0.25, 0.3) is 10.8 Å². The van der Waals surface area contributed by atoms with Crippen molar-refractivity contribution in [2.24, 2.45) is 0 Å². The van der Waals surface area contributed by atoms with Crippen molar-refractivity contribution in [2.75, 3.05) is 6.61 Å². The maximum atomic E-state index is 6.56. The predicted octanol–water partition coefficient (Wildman–Crippen LogP) is 5.15. The first-order valence-corrected chi connectivity index (χ1v) is 14.1. The molecule has 0 spiro atoms. The highest BCUT2D eigenvalue weighted by Crippen LogP contribution is 2.31. The van der Waals surface area contributed by atoms with Crippen LogP contribution in [0.2, 0.25) is 20.1 Å². The number of aromatic nitrogens is 2. The van der Waals surface area contributed by atoms with Crippen LogP contribution >= 0.6 is 46.4 Å². The van der Waals surface area contributed by atoms with E-state index >= 15 is 0 Å². The van der Waals surface area contributed by atoms with Gasteiger partial charge in [-0.2, -0.15) is 0 Å². The van der Waals surface area contributed by atoms with Crippen LogP contribution in [-0.2, 0) is 24.4 Å². The molecule has 0 aliphatic rings. The van der Waals surface area contributed by atoms with Gasteiger partial charge < -0.3 is 27.4 Å². The molecule has 0 saturated heterocycles. The van der Waals surface area contributed by atoms with E-state index in [1.807, 2.05) is 48.8 Å². The summed E-state index contributed by atoms with van der Waals surface area (Å²) in [7, 11) is 0. The van der Waals surface area contributed by atoms with Gasteiger partial charge >= 0.3 is 0 Å². The van der Waals surface area contributed by atoms with Gasteiger partial charge in [-0.1, -0.05) is 88.9 Å². The molecule has 0 saturated carbocycles. The summed E-state index contributed by atoms with van der Waals surface area (Å²) in [6, 6.07) is 25.3. The van der Waals surface area contributed by atoms with Gasteiger partial charge in [0, 0.05) is 32.1 Å². The molecule has 5 aromatic rings. The molecule has 1 unspecified atom stereocenters. The Labute approximate surface area is 265 Å². The second-order valence-electron chi connectivity index (χ2n) is 9.26. The summed E-state index contributed by atoms with van der Waals surface area (Å²) in [5.74, 6) is 0.886. The molecule has 216 valence electrons. The van der Waals surface area contributed by atoms with Crippen molar-refractivity contribution < 1.29 is 31.9 Å². The van der Waals surface area contributed by atoms with E-state index in [1.54, 1.807) is 18.2 Å². The SMILES string of the molecule is Clc1ccc(COC(C[n+]2ccn(CCCOc3ccc4ccccc4c3)c2)c2ccc(Cl)cc2Cl)c(Cl)c1.O.[Cl-]. The number of imidazole rings is 1. The minimum absolute atomic E-state index is 0. The second kappa shape index (κ2) is 15.7.